The fourth-order valence-electron chi connectivity index (χ4n) is 3.39. The van der Waals surface area contributed by atoms with Gasteiger partial charge in [-0.1, -0.05) is 12.8 Å². The van der Waals surface area contributed by atoms with Crippen LogP contribution in [0.3, 0.4) is 0 Å². The number of aliphatic hydroxyl groups excluding tert-OH is 1. The zero-order chi connectivity index (χ0) is 35.9. The van der Waals surface area contributed by atoms with Crippen LogP contribution >= 0.6 is 46.9 Å². The highest BCUT2D eigenvalue weighted by Crippen LogP contribution is 2.75. The number of phosphoric ester groups is 2. The fraction of sp³-hybridized carbons (Fsp3) is 0.733. The van der Waals surface area contributed by atoms with Crippen molar-refractivity contribution in [2.45, 2.75) is 50.5 Å². The first-order valence-electron chi connectivity index (χ1n) is 12.6. The lowest BCUT2D eigenvalue weighted by atomic mass is 10.2. The van der Waals surface area contributed by atoms with Crippen LogP contribution in [0.25, 0.3) is 0 Å². The molecule has 9 atom stereocenters. The zero-order valence-corrected chi connectivity index (χ0v) is 28.9. The van der Waals surface area contributed by atoms with Crippen molar-refractivity contribution in [2.24, 2.45) is 5.73 Å². The summed E-state index contributed by atoms with van der Waals surface area (Å²) >= 11 is 0. The molecule has 0 radical (unpaired) electrons. The Morgan fingerprint density at radius 3 is 1.74 bits per heavy atom. The van der Waals surface area contributed by atoms with Crippen LogP contribution in [0, 0.1) is 0 Å². The van der Waals surface area contributed by atoms with E-state index in [4.69, 9.17) is 16.2 Å². The number of nitrogens with two attached hydrogens (primary N) is 2. The zero-order valence-electron chi connectivity index (χ0n) is 23.5. The summed E-state index contributed by atoms with van der Waals surface area (Å²) in [4.78, 5) is 72.9. The van der Waals surface area contributed by atoms with E-state index >= 15 is 0 Å². The third-order valence-electron chi connectivity index (χ3n) is 5.15. The number of hydrogen-bond acceptors (Lipinski definition) is 19. The van der Waals surface area contributed by atoms with Gasteiger partial charge < -0.3 is 50.7 Å². The molecule has 0 spiro atoms. The molecule has 32 heteroatoms. The first kappa shape index (κ1) is 42.6. The number of aliphatic hydroxyl groups is 1. The average molecular weight is 806 g/mol. The number of unbranched alkanes of at least 4 members (excludes halogenated alkanes) is 3. The van der Waals surface area contributed by atoms with E-state index in [-0.39, 0.29) is 18.7 Å². The molecule has 1 saturated heterocycles. The smallest absolute Gasteiger partial charge is 0.390 e. The summed E-state index contributed by atoms with van der Waals surface area (Å²) in [6.45, 7) is -1.16. The molecule has 1 aromatic heterocycles. The number of rotatable bonds is 21. The number of hydrogen-bond donors (Lipinski definition) is 9. The van der Waals surface area contributed by atoms with Gasteiger partial charge in [0.1, 0.15) is 18.1 Å². The molecule has 47 heavy (non-hydrogen) atoms. The quantitative estimate of drug-likeness (QED) is 0.0610. The van der Waals surface area contributed by atoms with Crippen molar-refractivity contribution in [1.29, 1.82) is 0 Å². The summed E-state index contributed by atoms with van der Waals surface area (Å²) in [7, 11) is -36.4. The van der Waals surface area contributed by atoms with Crippen molar-refractivity contribution in [1.82, 2.24) is 9.55 Å². The molecule has 0 bridgehead atoms. The van der Waals surface area contributed by atoms with Crippen LogP contribution in [0.4, 0.5) is 5.82 Å². The highest BCUT2D eigenvalue weighted by atomic mass is 31.3. The van der Waals surface area contributed by atoms with Crippen molar-refractivity contribution in [3.8, 4) is 0 Å². The molecule has 0 aliphatic carbocycles. The van der Waals surface area contributed by atoms with E-state index in [1.54, 1.807) is 0 Å². The molecule has 2 heterocycles. The maximum absolute atomic E-state index is 12.2. The summed E-state index contributed by atoms with van der Waals surface area (Å²) in [5.74, 6) is -0.118. The molecule has 0 saturated carbocycles. The Kier molecular flexibility index (Phi) is 15.5. The lowest BCUT2D eigenvalue weighted by molar-refractivity contribution is -0.0449. The predicted octanol–water partition coefficient (Wildman–Crippen LogP) is 0.712. The Morgan fingerprint density at radius 2 is 1.26 bits per heavy atom. The van der Waals surface area contributed by atoms with Gasteiger partial charge in [-0.2, -0.15) is 26.5 Å². The van der Waals surface area contributed by atoms with Gasteiger partial charge in [0.15, 0.2) is 0 Å². The SMILES string of the molecule is NCCCCCCOP(=O)(O)OP(=O)(O)OP(=O)(O)OP(=O)(O)OP(=O)(O)OP(=O)(O)OC[C@H]1O[C@@H](n2ccc(N)nc2=O)C[C@@H]1O. The standard InChI is InChI=1S/C15H32N4O22P6/c16-6-3-1-2-4-8-34-42(22,23)37-44(26,27)39-46(30,31)41-47(32,33)40-45(28,29)38-43(24,25)35-10-12-11(20)9-14(36-12)19-7-5-13(17)18-15(19)21/h5,7,11-12,14,20H,1-4,6,8-10,16H2,(H,22,23)(H,24,25)(H,26,27)(H,28,29)(H,30,31)(H,32,33)(H2,17,18,21)/t11-,12+,14+/m0/s1. The summed E-state index contributed by atoms with van der Waals surface area (Å²) in [5.41, 5.74) is 9.81. The van der Waals surface area contributed by atoms with Crippen molar-refractivity contribution >= 4 is 52.8 Å². The van der Waals surface area contributed by atoms with Gasteiger partial charge in [0.2, 0.25) is 0 Å². The van der Waals surface area contributed by atoms with Crippen LogP contribution in [0.5, 0.6) is 0 Å². The van der Waals surface area contributed by atoms with Gasteiger partial charge in [0, 0.05) is 12.6 Å². The van der Waals surface area contributed by atoms with Crippen LogP contribution in [0.2, 0.25) is 0 Å². The fourth-order valence-corrected chi connectivity index (χ4v) is 11.2. The molecule has 1 fully saturated rings. The maximum atomic E-state index is 12.2. The van der Waals surface area contributed by atoms with Crippen LogP contribution in [-0.2, 0) is 62.7 Å². The Balaban J connectivity index is 1.92. The molecule has 1 aromatic rings. The second-order valence-corrected chi connectivity index (χ2v) is 18.4. The number of anilines is 1. The number of nitrogen functional groups attached to an aromatic ring is 1. The Bertz CT molecular complexity index is 1570. The van der Waals surface area contributed by atoms with E-state index in [0.717, 1.165) is 4.57 Å². The second-order valence-electron chi connectivity index (χ2n) is 9.03. The molecule has 11 N–H and O–H groups in total. The monoisotopic (exact) mass is 806 g/mol. The van der Waals surface area contributed by atoms with E-state index in [1.807, 2.05) is 0 Å². The molecular weight excluding hydrogens is 774 g/mol. The molecule has 1 aliphatic heterocycles. The summed E-state index contributed by atoms with van der Waals surface area (Å²) in [6, 6.07) is 1.23. The van der Waals surface area contributed by atoms with Gasteiger partial charge in [-0.05, 0) is 25.5 Å². The molecule has 2 rings (SSSR count). The third kappa shape index (κ3) is 15.9. The molecule has 274 valence electrons. The third-order valence-corrected chi connectivity index (χ3v) is 14.4. The van der Waals surface area contributed by atoms with Gasteiger partial charge in [-0.15, -0.1) is 0 Å². The molecule has 0 aromatic carbocycles. The molecule has 1 aliphatic rings. The number of phosphoric acid groups is 6. The molecular formula is C15H32N4O22P6. The summed E-state index contributed by atoms with van der Waals surface area (Å²) in [5, 5.41) is 10.1. The number of aromatic nitrogens is 2. The minimum atomic E-state index is -6.43. The maximum Gasteiger partial charge on any atom is 0.490 e. The summed E-state index contributed by atoms with van der Waals surface area (Å²) < 4.78 is 105. The second kappa shape index (κ2) is 17.1. The lowest BCUT2D eigenvalue weighted by Crippen LogP contribution is -2.28. The van der Waals surface area contributed by atoms with E-state index in [2.05, 4.69) is 35.6 Å². The van der Waals surface area contributed by atoms with E-state index in [1.165, 1.54) is 12.3 Å². The predicted molar refractivity (Wildman–Crippen MR) is 151 cm³/mol. The van der Waals surface area contributed by atoms with Crippen molar-refractivity contribution in [3.63, 3.8) is 0 Å². The minimum Gasteiger partial charge on any atom is -0.390 e. The Morgan fingerprint density at radius 1 is 0.787 bits per heavy atom. The molecule has 26 nitrogen and oxygen atoms in total. The topological polar surface area (TPSA) is 405 Å². The molecule has 6 unspecified atom stereocenters. The Labute approximate surface area is 264 Å². The number of nitrogens with zero attached hydrogens (tertiary/aromatic N) is 2. The Hall–Kier alpha value is -0.580. The molecule has 0 amide bonds. The highest BCUT2D eigenvalue weighted by Gasteiger charge is 2.50. The van der Waals surface area contributed by atoms with E-state index in [0.29, 0.717) is 25.8 Å². The first-order valence-corrected chi connectivity index (χ1v) is 21.5. The van der Waals surface area contributed by atoms with E-state index in [9.17, 15) is 66.7 Å². The van der Waals surface area contributed by atoms with Crippen LogP contribution in [0.15, 0.2) is 17.1 Å². The van der Waals surface area contributed by atoms with Gasteiger partial charge in [0.25, 0.3) is 0 Å². The minimum absolute atomic E-state index is 0.118. The van der Waals surface area contributed by atoms with Gasteiger partial charge in [0.05, 0.1) is 19.3 Å². The van der Waals surface area contributed by atoms with E-state index < -0.39 is 84.3 Å². The number of ether oxygens (including phenoxy) is 1. The van der Waals surface area contributed by atoms with Crippen LogP contribution in [-0.4, -0.2) is 76.0 Å². The normalized spacial score (nSPS) is 26.3. The van der Waals surface area contributed by atoms with Gasteiger partial charge in [-0.3, -0.25) is 13.6 Å². The largest absolute Gasteiger partial charge is 0.490 e. The summed E-state index contributed by atoms with van der Waals surface area (Å²) in [6.07, 6.45) is -1.27. The van der Waals surface area contributed by atoms with Crippen molar-refractivity contribution in [2.75, 3.05) is 25.5 Å². The van der Waals surface area contributed by atoms with Gasteiger partial charge >= 0.3 is 52.6 Å². The average Bonchev–Trinajstić information content (AvgIpc) is 3.21. The highest BCUT2D eigenvalue weighted by molar-refractivity contribution is 7.72. The first-order chi connectivity index (χ1) is 21.4. The van der Waals surface area contributed by atoms with Gasteiger partial charge in [-0.25, -0.2) is 32.2 Å². The van der Waals surface area contributed by atoms with Crippen molar-refractivity contribution < 1.29 is 97.2 Å². The van der Waals surface area contributed by atoms with Crippen LogP contribution in [0.1, 0.15) is 38.3 Å². The lowest BCUT2D eigenvalue weighted by Gasteiger charge is -2.21. The van der Waals surface area contributed by atoms with Crippen molar-refractivity contribution in [3.05, 3.63) is 22.7 Å². The van der Waals surface area contributed by atoms with Crippen LogP contribution < -0.4 is 17.2 Å².